The van der Waals surface area contributed by atoms with Crippen LogP contribution in [-0.2, 0) is 23.7 Å². The molecule has 0 spiro atoms. The van der Waals surface area contributed by atoms with Crippen molar-refractivity contribution in [3.05, 3.63) is 0 Å². The van der Waals surface area contributed by atoms with Crippen LogP contribution >= 0.6 is 0 Å². The maximum Gasteiger partial charge on any atom is 0.331 e. The smallest absolute Gasteiger partial charge is 0.331 e. The number of carbonyl (C=O) groups excluding carboxylic acids is 1. The van der Waals surface area contributed by atoms with Crippen LogP contribution in [0, 0.1) is 5.41 Å². The van der Waals surface area contributed by atoms with Gasteiger partial charge in [-0.15, -0.1) is 0 Å². The minimum atomic E-state index is -0.673. The summed E-state index contributed by atoms with van der Waals surface area (Å²) in [6, 6.07) is 0. The first-order valence-corrected chi connectivity index (χ1v) is 4.87. The number of hydrogen-bond donors (Lipinski definition) is 1. The third kappa shape index (κ3) is 5.41. The van der Waals surface area contributed by atoms with Crippen molar-refractivity contribution in [2.45, 2.75) is 0 Å². The molecule has 0 aromatic carbocycles. The summed E-state index contributed by atoms with van der Waals surface area (Å²) in [6.45, 7) is 0.471. The van der Waals surface area contributed by atoms with Crippen molar-refractivity contribution in [3.63, 3.8) is 0 Å². The monoisotopic (exact) mass is 236 g/mol. The molecular weight excluding hydrogens is 216 g/mol. The third-order valence-electron chi connectivity index (χ3n) is 2.02. The molecule has 0 heterocycles. The highest BCUT2D eigenvalue weighted by molar-refractivity contribution is 5.70. The van der Waals surface area contributed by atoms with Gasteiger partial charge in [0.05, 0.1) is 25.2 Å². The SMILES string of the molecule is COCC(COC)(COC)COC(=O)CO. The highest BCUT2D eigenvalue weighted by Crippen LogP contribution is 2.19. The van der Waals surface area contributed by atoms with Gasteiger partial charge in [-0.05, 0) is 0 Å². The van der Waals surface area contributed by atoms with Gasteiger partial charge in [-0.1, -0.05) is 0 Å². The molecule has 0 aliphatic rings. The number of carbonyl (C=O) groups is 1. The maximum atomic E-state index is 10.9. The normalized spacial score (nSPS) is 11.5. The molecule has 0 atom stereocenters. The first kappa shape index (κ1) is 15.3. The third-order valence-corrected chi connectivity index (χ3v) is 2.02. The van der Waals surface area contributed by atoms with E-state index in [1.54, 1.807) is 21.3 Å². The van der Waals surface area contributed by atoms with E-state index in [1.807, 2.05) is 0 Å². The molecule has 0 bridgehead atoms. The molecule has 6 heteroatoms. The summed E-state index contributed by atoms with van der Waals surface area (Å²) < 4.78 is 20.1. The highest BCUT2D eigenvalue weighted by Gasteiger charge is 2.32. The van der Waals surface area contributed by atoms with Crippen LogP contribution in [0.2, 0.25) is 0 Å². The second-order valence-corrected chi connectivity index (χ2v) is 3.62. The molecule has 0 unspecified atom stereocenters. The molecule has 0 saturated carbocycles. The molecule has 0 rings (SSSR count). The fourth-order valence-electron chi connectivity index (χ4n) is 1.45. The van der Waals surface area contributed by atoms with E-state index < -0.39 is 18.0 Å². The van der Waals surface area contributed by atoms with Gasteiger partial charge in [0.15, 0.2) is 0 Å². The van der Waals surface area contributed by atoms with Crippen molar-refractivity contribution in [2.75, 3.05) is 54.4 Å². The largest absolute Gasteiger partial charge is 0.463 e. The molecule has 1 N–H and O–H groups in total. The van der Waals surface area contributed by atoms with Gasteiger partial charge in [-0.25, -0.2) is 4.79 Å². The number of aliphatic hydroxyl groups excluding tert-OH is 1. The lowest BCUT2D eigenvalue weighted by molar-refractivity contribution is -0.156. The van der Waals surface area contributed by atoms with Crippen LogP contribution in [-0.4, -0.2) is 65.4 Å². The Labute approximate surface area is 95.4 Å². The molecule has 0 saturated heterocycles. The van der Waals surface area contributed by atoms with Crippen molar-refractivity contribution in [1.82, 2.24) is 0 Å². The van der Waals surface area contributed by atoms with Gasteiger partial charge in [0.1, 0.15) is 13.2 Å². The fraction of sp³-hybridized carbons (Fsp3) is 0.900. The van der Waals surface area contributed by atoms with Gasteiger partial charge in [0.2, 0.25) is 0 Å². The van der Waals surface area contributed by atoms with Gasteiger partial charge >= 0.3 is 5.97 Å². The summed E-state index contributed by atoms with van der Waals surface area (Å²) in [7, 11) is 4.65. The predicted octanol–water partition coefficient (Wildman–Crippen LogP) is -0.552. The Kier molecular flexibility index (Phi) is 8.10. The standard InChI is InChI=1S/C10H20O6/c1-13-5-10(6-14-2,7-15-3)8-16-9(12)4-11/h11H,4-8H2,1-3H3. The summed E-state index contributed by atoms with van der Waals surface area (Å²) in [5.74, 6) is -0.673. The quantitative estimate of drug-likeness (QED) is 0.541. The summed E-state index contributed by atoms with van der Waals surface area (Å²) in [5.41, 5.74) is -0.539. The van der Waals surface area contributed by atoms with Crippen molar-refractivity contribution in [2.24, 2.45) is 5.41 Å². The molecule has 6 nitrogen and oxygen atoms in total. The minimum Gasteiger partial charge on any atom is -0.463 e. The average molecular weight is 236 g/mol. The lowest BCUT2D eigenvalue weighted by Gasteiger charge is -2.30. The van der Waals surface area contributed by atoms with Gasteiger partial charge in [0, 0.05) is 21.3 Å². The van der Waals surface area contributed by atoms with E-state index in [1.165, 1.54) is 0 Å². The fourth-order valence-corrected chi connectivity index (χ4v) is 1.45. The van der Waals surface area contributed by atoms with Crippen molar-refractivity contribution in [1.29, 1.82) is 0 Å². The van der Waals surface area contributed by atoms with Crippen LogP contribution in [0.1, 0.15) is 0 Å². The van der Waals surface area contributed by atoms with E-state index in [2.05, 4.69) is 0 Å². The lowest BCUT2D eigenvalue weighted by Crippen LogP contribution is -2.41. The van der Waals surface area contributed by atoms with Gasteiger partial charge in [-0.2, -0.15) is 0 Å². The first-order valence-electron chi connectivity index (χ1n) is 4.87. The Morgan fingerprint density at radius 2 is 1.44 bits per heavy atom. The summed E-state index contributed by atoms with van der Waals surface area (Å²) in [6.07, 6.45) is 0. The topological polar surface area (TPSA) is 74.2 Å². The molecule has 0 aliphatic carbocycles. The van der Waals surface area contributed by atoms with Crippen LogP contribution in [0.4, 0.5) is 0 Å². The second kappa shape index (κ2) is 8.46. The predicted molar refractivity (Wildman–Crippen MR) is 56.1 cm³/mol. The van der Waals surface area contributed by atoms with Gasteiger partial charge in [0.25, 0.3) is 0 Å². The molecule has 0 aliphatic heterocycles. The minimum absolute atomic E-state index is 0.0852. The molecular formula is C10H20O6. The molecule has 0 radical (unpaired) electrons. The number of ether oxygens (including phenoxy) is 4. The van der Waals surface area contributed by atoms with E-state index in [9.17, 15) is 4.79 Å². The summed E-state index contributed by atoms with van der Waals surface area (Å²) in [5, 5.41) is 8.55. The van der Waals surface area contributed by atoms with Crippen molar-refractivity contribution in [3.8, 4) is 0 Å². The number of esters is 1. The van der Waals surface area contributed by atoms with Crippen LogP contribution in [0.5, 0.6) is 0 Å². The Hall–Kier alpha value is -0.690. The van der Waals surface area contributed by atoms with Gasteiger partial charge < -0.3 is 24.1 Å². The number of rotatable bonds is 9. The van der Waals surface area contributed by atoms with E-state index in [4.69, 9.17) is 24.1 Å². The van der Waals surface area contributed by atoms with Crippen molar-refractivity contribution < 1.29 is 28.8 Å². The summed E-state index contributed by atoms with van der Waals surface area (Å²) >= 11 is 0. The number of aliphatic hydroxyl groups is 1. The Bertz CT molecular complexity index is 177. The highest BCUT2D eigenvalue weighted by atomic mass is 16.6. The van der Waals surface area contributed by atoms with Crippen LogP contribution in [0.15, 0.2) is 0 Å². The number of hydrogen-bond acceptors (Lipinski definition) is 6. The lowest BCUT2D eigenvalue weighted by atomic mass is 9.92. The molecule has 0 fully saturated rings. The molecule has 0 aromatic rings. The Morgan fingerprint density at radius 1 is 1.00 bits per heavy atom. The zero-order valence-electron chi connectivity index (χ0n) is 10.0. The maximum absolute atomic E-state index is 10.9. The van der Waals surface area contributed by atoms with Crippen molar-refractivity contribution >= 4 is 5.97 Å². The average Bonchev–Trinajstić information content (AvgIpc) is 2.27. The molecule has 0 aromatic heterocycles. The van der Waals surface area contributed by atoms with E-state index in [-0.39, 0.29) is 6.61 Å². The van der Waals surface area contributed by atoms with Crippen LogP contribution in [0.3, 0.4) is 0 Å². The van der Waals surface area contributed by atoms with Gasteiger partial charge in [-0.3, -0.25) is 0 Å². The van der Waals surface area contributed by atoms with Crippen LogP contribution in [0.25, 0.3) is 0 Å². The zero-order chi connectivity index (χ0) is 12.4. The van der Waals surface area contributed by atoms with Crippen LogP contribution < -0.4 is 0 Å². The van der Waals surface area contributed by atoms with E-state index in [0.717, 1.165) is 0 Å². The first-order chi connectivity index (χ1) is 7.64. The zero-order valence-corrected chi connectivity index (χ0v) is 10.0. The Morgan fingerprint density at radius 3 is 1.75 bits per heavy atom. The van der Waals surface area contributed by atoms with E-state index in [0.29, 0.717) is 19.8 Å². The Balaban J connectivity index is 4.39. The molecule has 16 heavy (non-hydrogen) atoms. The summed E-state index contributed by atoms with van der Waals surface area (Å²) in [4.78, 5) is 10.9. The molecule has 96 valence electrons. The molecule has 0 amide bonds. The number of methoxy groups -OCH3 is 3. The van der Waals surface area contributed by atoms with E-state index >= 15 is 0 Å². The second-order valence-electron chi connectivity index (χ2n) is 3.62.